The van der Waals surface area contributed by atoms with Crippen LogP contribution in [0.25, 0.3) is 0 Å². The predicted octanol–water partition coefficient (Wildman–Crippen LogP) is 20.6. The van der Waals surface area contributed by atoms with Crippen molar-refractivity contribution in [1.29, 1.82) is 0 Å². The van der Waals surface area contributed by atoms with Crippen molar-refractivity contribution in [3.05, 3.63) is 12.2 Å². The molecule has 0 saturated heterocycles. The van der Waals surface area contributed by atoms with Gasteiger partial charge in [0.25, 0.3) is 0 Å². The molecule has 0 saturated carbocycles. The van der Waals surface area contributed by atoms with Crippen molar-refractivity contribution in [2.75, 3.05) is 6.61 Å². The molecule has 418 valence electrons. The Kier molecular flexibility index (Phi) is 59.9. The van der Waals surface area contributed by atoms with E-state index in [2.05, 4.69) is 31.3 Å². The van der Waals surface area contributed by atoms with Gasteiger partial charge in [0, 0.05) is 0 Å². The lowest BCUT2D eigenvalue weighted by atomic mass is 10.0. The SMILES string of the molecule is CCCCCCCCCCCCCCCC/C=C\CCCCCCCCCCCCCCCCCCC(O)C(=O)NC(CO)C(O)CCCCCCCCCCCCCCCCCCCCCCCC. The maximum Gasteiger partial charge on any atom is 0.249 e. The molecule has 3 atom stereocenters. The maximum absolute atomic E-state index is 12.6. The molecular formula is C65H129NO4. The fourth-order valence-corrected chi connectivity index (χ4v) is 10.6. The maximum atomic E-state index is 12.6. The van der Waals surface area contributed by atoms with Crippen molar-refractivity contribution in [1.82, 2.24) is 5.32 Å². The molecule has 0 heterocycles. The van der Waals surface area contributed by atoms with Crippen LogP contribution in [0.5, 0.6) is 0 Å². The van der Waals surface area contributed by atoms with Crippen molar-refractivity contribution in [2.45, 2.75) is 392 Å². The summed E-state index contributed by atoms with van der Waals surface area (Å²) in [6, 6.07) is -0.710. The molecule has 0 aromatic rings. The van der Waals surface area contributed by atoms with Crippen LogP contribution in [-0.4, -0.2) is 46.1 Å². The monoisotopic (exact) mass is 988 g/mol. The third kappa shape index (κ3) is 54.9. The number of aliphatic hydroxyl groups excluding tert-OH is 3. The van der Waals surface area contributed by atoms with E-state index < -0.39 is 24.2 Å². The highest BCUT2D eigenvalue weighted by Gasteiger charge is 2.23. The van der Waals surface area contributed by atoms with Crippen LogP contribution in [0.1, 0.15) is 373 Å². The van der Waals surface area contributed by atoms with E-state index in [0.29, 0.717) is 12.8 Å². The first-order chi connectivity index (χ1) is 34.6. The van der Waals surface area contributed by atoms with E-state index in [-0.39, 0.29) is 6.61 Å². The third-order valence-electron chi connectivity index (χ3n) is 15.6. The van der Waals surface area contributed by atoms with Gasteiger partial charge in [-0.15, -0.1) is 0 Å². The van der Waals surface area contributed by atoms with Gasteiger partial charge >= 0.3 is 0 Å². The molecule has 5 heteroatoms. The van der Waals surface area contributed by atoms with Crippen molar-refractivity contribution in [3.63, 3.8) is 0 Å². The Morgan fingerprint density at radius 1 is 0.329 bits per heavy atom. The molecule has 0 aliphatic carbocycles. The van der Waals surface area contributed by atoms with Crippen LogP contribution < -0.4 is 5.32 Å². The Labute approximate surface area is 440 Å². The van der Waals surface area contributed by atoms with Crippen LogP contribution in [0.3, 0.4) is 0 Å². The van der Waals surface area contributed by atoms with Gasteiger partial charge in [-0.2, -0.15) is 0 Å². The minimum absolute atomic E-state index is 0.309. The number of amides is 1. The minimum Gasteiger partial charge on any atom is -0.394 e. The van der Waals surface area contributed by atoms with E-state index in [4.69, 9.17) is 0 Å². The first-order valence-corrected chi connectivity index (χ1v) is 32.5. The second-order valence-electron chi connectivity index (χ2n) is 22.7. The van der Waals surface area contributed by atoms with Gasteiger partial charge in [-0.05, 0) is 38.5 Å². The van der Waals surface area contributed by atoms with E-state index >= 15 is 0 Å². The normalized spacial score (nSPS) is 13.2. The molecule has 1 amide bonds. The fourth-order valence-electron chi connectivity index (χ4n) is 10.6. The molecule has 0 radical (unpaired) electrons. The van der Waals surface area contributed by atoms with Gasteiger partial charge in [0.15, 0.2) is 0 Å². The third-order valence-corrected chi connectivity index (χ3v) is 15.6. The van der Waals surface area contributed by atoms with E-state index in [1.54, 1.807) is 0 Å². The van der Waals surface area contributed by atoms with E-state index in [9.17, 15) is 20.1 Å². The lowest BCUT2D eigenvalue weighted by Gasteiger charge is -2.23. The first-order valence-electron chi connectivity index (χ1n) is 32.5. The minimum atomic E-state index is -1.07. The molecule has 3 unspecified atom stereocenters. The highest BCUT2D eigenvalue weighted by molar-refractivity contribution is 5.80. The molecule has 0 spiro atoms. The lowest BCUT2D eigenvalue weighted by molar-refractivity contribution is -0.131. The molecule has 0 aromatic heterocycles. The summed E-state index contributed by atoms with van der Waals surface area (Å²) in [4.78, 5) is 12.6. The number of hydrogen-bond acceptors (Lipinski definition) is 4. The molecule has 5 nitrogen and oxygen atoms in total. The average molecular weight is 989 g/mol. The molecule has 0 rings (SSSR count). The van der Waals surface area contributed by atoms with Crippen LogP contribution in [0, 0.1) is 0 Å². The second kappa shape index (κ2) is 60.6. The Morgan fingerprint density at radius 2 is 0.543 bits per heavy atom. The summed E-state index contributed by atoms with van der Waals surface area (Å²) in [5, 5.41) is 33.7. The lowest BCUT2D eigenvalue weighted by Crippen LogP contribution is -2.49. The summed E-state index contributed by atoms with van der Waals surface area (Å²) in [5.41, 5.74) is 0. The molecule has 0 aromatic carbocycles. The standard InChI is InChI=1S/C65H129NO4/c1-3-5-7-9-11-13-15-17-19-21-23-25-27-28-29-30-31-32-33-34-35-36-37-38-40-42-44-46-48-50-52-54-56-58-60-64(69)65(70)66-62(61-67)63(68)59-57-55-53-51-49-47-45-43-41-39-26-24-22-20-18-16-14-12-10-8-6-4-2/h30-31,62-64,67-69H,3-29,32-61H2,1-2H3,(H,66,70)/b31-30-. The zero-order valence-electron chi connectivity index (χ0n) is 47.9. The van der Waals surface area contributed by atoms with E-state index in [1.807, 2.05) is 0 Å². The number of hydrogen-bond donors (Lipinski definition) is 4. The van der Waals surface area contributed by atoms with Crippen LogP contribution in [0.4, 0.5) is 0 Å². The zero-order chi connectivity index (χ0) is 50.7. The largest absolute Gasteiger partial charge is 0.394 e. The zero-order valence-corrected chi connectivity index (χ0v) is 47.9. The van der Waals surface area contributed by atoms with Crippen molar-refractivity contribution in [2.24, 2.45) is 0 Å². The summed E-state index contributed by atoms with van der Waals surface area (Å²) in [6.45, 7) is 4.28. The van der Waals surface area contributed by atoms with Crippen LogP contribution in [-0.2, 0) is 4.79 Å². The van der Waals surface area contributed by atoms with Crippen LogP contribution in [0.15, 0.2) is 12.2 Å². The molecule has 0 aliphatic rings. The van der Waals surface area contributed by atoms with Gasteiger partial charge in [-0.25, -0.2) is 0 Å². The quantitative estimate of drug-likeness (QED) is 0.0361. The van der Waals surface area contributed by atoms with Gasteiger partial charge in [0.05, 0.1) is 18.8 Å². The summed E-state index contributed by atoms with van der Waals surface area (Å²) >= 11 is 0. The van der Waals surface area contributed by atoms with Gasteiger partial charge in [-0.3, -0.25) is 4.79 Å². The summed E-state index contributed by atoms with van der Waals surface area (Å²) in [7, 11) is 0. The number of rotatable bonds is 61. The number of unbranched alkanes of at least 4 members (excludes halogenated alkanes) is 51. The topological polar surface area (TPSA) is 89.8 Å². The fraction of sp³-hybridized carbons (Fsp3) is 0.954. The Morgan fingerprint density at radius 3 is 0.786 bits per heavy atom. The molecular weight excluding hydrogens is 859 g/mol. The molecule has 70 heavy (non-hydrogen) atoms. The van der Waals surface area contributed by atoms with Gasteiger partial charge in [0.2, 0.25) is 5.91 Å². The van der Waals surface area contributed by atoms with Crippen molar-refractivity contribution in [3.8, 4) is 0 Å². The van der Waals surface area contributed by atoms with Crippen molar-refractivity contribution < 1.29 is 20.1 Å². The predicted molar refractivity (Wildman–Crippen MR) is 310 cm³/mol. The van der Waals surface area contributed by atoms with Crippen LogP contribution >= 0.6 is 0 Å². The van der Waals surface area contributed by atoms with Gasteiger partial charge in [-0.1, -0.05) is 347 Å². The summed E-state index contributed by atoms with van der Waals surface area (Å²) in [5.74, 6) is -0.462. The van der Waals surface area contributed by atoms with Crippen molar-refractivity contribution >= 4 is 5.91 Å². The van der Waals surface area contributed by atoms with Gasteiger partial charge < -0.3 is 20.6 Å². The Hall–Kier alpha value is -0.910. The number of carbonyl (C=O) groups excluding carboxylic acids is 1. The van der Waals surface area contributed by atoms with Gasteiger partial charge in [0.1, 0.15) is 6.10 Å². The number of nitrogens with one attached hydrogen (secondary N) is 1. The highest BCUT2D eigenvalue weighted by atomic mass is 16.3. The van der Waals surface area contributed by atoms with E-state index in [0.717, 1.165) is 32.1 Å². The Bertz CT molecular complexity index is 1000. The molecule has 0 bridgehead atoms. The number of aliphatic hydroxyl groups is 3. The highest BCUT2D eigenvalue weighted by Crippen LogP contribution is 2.19. The number of carbonyl (C=O) groups is 1. The Balaban J connectivity index is 3.46. The number of allylic oxidation sites excluding steroid dienone is 2. The summed E-state index contributed by atoms with van der Waals surface area (Å²) in [6.07, 6.45) is 77.3. The first kappa shape index (κ1) is 69.1. The second-order valence-corrected chi connectivity index (χ2v) is 22.7. The smallest absolute Gasteiger partial charge is 0.249 e. The molecule has 0 aliphatic heterocycles. The molecule has 0 fully saturated rings. The van der Waals surface area contributed by atoms with Crippen LogP contribution in [0.2, 0.25) is 0 Å². The molecule has 4 N–H and O–H groups in total. The average Bonchev–Trinajstić information content (AvgIpc) is 3.36. The summed E-state index contributed by atoms with van der Waals surface area (Å²) < 4.78 is 0. The van der Waals surface area contributed by atoms with E-state index in [1.165, 1.54) is 315 Å².